The number of nitrogens with zero attached hydrogens (tertiary/aromatic N) is 2. The van der Waals surface area contributed by atoms with Crippen LogP contribution in [0.5, 0.6) is 0 Å². The maximum atomic E-state index is 13.6. The van der Waals surface area contributed by atoms with Gasteiger partial charge in [0.2, 0.25) is 9.84 Å². The van der Waals surface area contributed by atoms with Gasteiger partial charge in [0.15, 0.2) is 5.16 Å². The molecule has 0 aliphatic carbocycles. The van der Waals surface area contributed by atoms with Gasteiger partial charge in [-0.3, -0.25) is 0 Å². The Hall–Kier alpha value is -2.00. The second-order valence-corrected chi connectivity index (χ2v) is 6.91. The third-order valence-corrected chi connectivity index (χ3v) is 4.84. The number of anilines is 1. The molecule has 1 heterocycles. The van der Waals surface area contributed by atoms with E-state index in [2.05, 4.69) is 15.3 Å². The van der Waals surface area contributed by atoms with Gasteiger partial charge in [0.05, 0.1) is 0 Å². The van der Waals surface area contributed by atoms with E-state index >= 15 is 0 Å². The molecule has 2 rings (SSSR count). The summed E-state index contributed by atoms with van der Waals surface area (Å²) in [5.41, 5.74) is 0.427. The molecule has 0 bridgehead atoms. The predicted molar refractivity (Wildman–Crippen MR) is 85.9 cm³/mol. The van der Waals surface area contributed by atoms with Gasteiger partial charge in [0.1, 0.15) is 22.3 Å². The van der Waals surface area contributed by atoms with Gasteiger partial charge in [-0.05, 0) is 24.5 Å². The smallest absolute Gasteiger partial charge is 0.202 e. The molecule has 0 radical (unpaired) electrons. The molecule has 0 atom stereocenters. The van der Waals surface area contributed by atoms with Crippen LogP contribution in [0.3, 0.4) is 0 Å². The van der Waals surface area contributed by atoms with E-state index in [0.29, 0.717) is 22.6 Å². The van der Waals surface area contributed by atoms with Crippen LogP contribution in [0.25, 0.3) is 6.08 Å². The Kier molecular flexibility index (Phi) is 5.32. The normalized spacial score (nSPS) is 11.8. The van der Waals surface area contributed by atoms with E-state index in [1.54, 1.807) is 7.05 Å². The van der Waals surface area contributed by atoms with Crippen LogP contribution in [0.4, 0.5) is 14.6 Å². The van der Waals surface area contributed by atoms with E-state index in [1.807, 2.05) is 6.26 Å². The minimum absolute atomic E-state index is 0.427. The number of halogens is 2. The molecule has 0 aliphatic heterocycles. The van der Waals surface area contributed by atoms with Crippen molar-refractivity contribution in [3.63, 3.8) is 0 Å². The van der Waals surface area contributed by atoms with Crippen LogP contribution in [0.2, 0.25) is 0 Å². The van der Waals surface area contributed by atoms with Crippen molar-refractivity contribution in [1.29, 1.82) is 0 Å². The average Bonchev–Trinajstić information content (AvgIpc) is 2.52. The van der Waals surface area contributed by atoms with Crippen molar-refractivity contribution in [3.8, 4) is 0 Å². The molecule has 0 spiro atoms. The molecule has 1 aromatic carbocycles. The zero-order chi connectivity index (χ0) is 17.0. The topological polar surface area (TPSA) is 72.0 Å². The fourth-order valence-electron chi connectivity index (χ4n) is 1.74. The number of benzene rings is 1. The lowest BCUT2D eigenvalue weighted by molar-refractivity contribution is 0.552. The van der Waals surface area contributed by atoms with E-state index in [9.17, 15) is 17.2 Å². The van der Waals surface area contributed by atoms with Crippen LogP contribution in [0.1, 0.15) is 5.56 Å². The highest BCUT2D eigenvalue weighted by Crippen LogP contribution is 2.21. The van der Waals surface area contributed by atoms with Crippen molar-refractivity contribution in [2.24, 2.45) is 0 Å². The lowest BCUT2D eigenvalue weighted by Crippen LogP contribution is -2.02. The molecule has 0 fully saturated rings. The minimum Gasteiger partial charge on any atom is -0.373 e. The van der Waals surface area contributed by atoms with Gasteiger partial charge in [-0.1, -0.05) is 11.8 Å². The lowest BCUT2D eigenvalue weighted by Gasteiger charge is -2.05. The van der Waals surface area contributed by atoms with Gasteiger partial charge >= 0.3 is 0 Å². The highest BCUT2D eigenvalue weighted by atomic mass is 32.2. The molecule has 1 aromatic heterocycles. The molecule has 23 heavy (non-hydrogen) atoms. The Morgan fingerprint density at radius 3 is 2.65 bits per heavy atom. The average molecular weight is 357 g/mol. The quantitative estimate of drug-likeness (QED) is 0.504. The SMILES string of the molecule is CNc1nc(SC)ncc1C=CS(=O)(=O)c1ccc(F)cc1F. The van der Waals surface area contributed by atoms with E-state index < -0.39 is 26.4 Å². The fraction of sp³-hybridized carbons (Fsp3) is 0.143. The number of nitrogens with one attached hydrogen (secondary N) is 1. The van der Waals surface area contributed by atoms with Crippen LogP contribution in [-0.4, -0.2) is 31.7 Å². The Labute approximate surface area is 136 Å². The van der Waals surface area contributed by atoms with Gasteiger partial charge < -0.3 is 5.32 Å². The summed E-state index contributed by atoms with van der Waals surface area (Å²) in [6, 6.07) is 2.30. The highest BCUT2D eigenvalue weighted by Gasteiger charge is 2.17. The van der Waals surface area contributed by atoms with Gasteiger partial charge in [-0.25, -0.2) is 27.2 Å². The largest absolute Gasteiger partial charge is 0.373 e. The van der Waals surface area contributed by atoms with Gasteiger partial charge in [0.25, 0.3) is 0 Å². The Morgan fingerprint density at radius 2 is 2.04 bits per heavy atom. The molecule has 2 aromatic rings. The fourth-order valence-corrected chi connectivity index (χ4v) is 3.14. The van der Waals surface area contributed by atoms with E-state index in [-0.39, 0.29) is 0 Å². The predicted octanol–water partition coefficient (Wildman–Crippen LogP) is 2.96. The molecule has 0 saturated heterocycles. The van der Waals surface area contributed by atoms with Crippen LogP contribution < -0.4 is 5.32 Å². The number of sulfone groups is 1. The molecular weight excluding hydrogens is 344 g/mol. The molecule has 0 aliphatic rings. The van der Waals surface area contributed by atoms with Crippen LogP contribution >= 0.6 is 11.8 Å². The Bertz CT molecular complexity index is 855. The zero-order valence-corrected chi connectivity index (χ0v) is 13.9. The third kappa shape index (κ3) is 4.05. The first-order valence-corrected chi connectivity index (χ1v) is 9.11. The highest BCUT2D eigenvalue weighted by molar-refractivity contribution is 7.98. The summed E-state index contributed by atoms with van der Waals surface area (Å²) in [4.78, 5) is 7.64. The van der Waals surface area contributed by atoms with E-state index in [1.165, 1.54) is 24.0 Å². The van der Waals surface area contributed by atoms with Crippen molar-refractivity contribution >= 4 is 33.5 Å². The first-order valence-electron chi connectivity index (χ1n) is 6.34. The summed E-state index contributed by atoms with van der Waals surface area (Å²) in [6.07, 6.45) is 4.53. The number of aromatic nitrogens is 2. The Balaban J connectivity index is 2.39. The maximum Gasteiger partial charge on any atom is 0.202 e. The van der Waals surface area contributed by atoms with Crippen LogP contribution in [-0.2, 0) is 9.84 Å². The molecule has 122 valence electrons. The third-order valence-electron chi connectivity index (χ3n) is 2.84. The van der Waals surface area contributed by atoms with Crippen molar-refractivity contribution in [1.82, 2.24) is 9.97 Å². The first-order chi connectivity index (χ1) is 10.9. The summed E-state index contributed by atoms with van der Waals surface area (Å²) in [6.45, 7) is 0. The number of rotatable bonds is 5. The summed E-state index contributed by atoms with van der Waals surface area (Å²) in [7, 11) is -2.42. The van der Waals surface area contributed by atoms with Gasteiger partial charge in [-0.2, -0.15) is 0 Å². The molecular formula is C14H13F2N3O2S2. The van der Waals surface area contributed by atoms with Crippen LogP contribution in [0, 0.1) is 11.6 Å². The monoisotopic (exact) mass is 357 g/mol. The van der Waals surface area contributed by atoms with Crippen molar-refractivity contribution in [2.75, 3.05) is 18.6 Å². The molecule has 5 nitrogen and oxygen atoms in total. The Morgan fingerprint density at radius 1 is 1.30 bits per heavy atom. The van der Waals surface area contributed by atoms with Gasteiger partial charge in [0, 0.05) is 30.3 Å². The summed E-state index contributed by atoms with van der Waals surface area (Å²) in [5.74, 6) is -1.54. The number of hydrogen-bond donors (Lipinski definition) is 1. The number of hydrogen-bond acceptors (Lipinski definition) is 6. The van der Waals surface area contributed by atoms with Crippen LogP contribution in [0.15, 0.2) is 39.9 Å². The van der Waals surface area contributed by atoms with Crippen molar-refractivity contribution in [2.45, 2.75) is 10.1 Å². The van der Waals surface area contributed by atoms with E-state index in [0.717, 1.165) is 17.5 Å². The molecule has 9 heteroatoms. The van der Waals surface area contributed by atoms with Crippen molar-refractivity contribution in [3.05, 3.63) is 47.0 Å². The lowest BCUT2D eigenvalue weighted by atomic mass is 10.3. The maximum absolute atomic E-state index is 13.6. The molecule has 0 amide bonds. The summed E-state index contributed by atoms with van der Waals surface area (Å²) < 4.78 is 50.8. The van der Waals surface area contributed by atoms with E-state index in [4.69, 9.17) is 0 Å². The minimum atomic E-state index is -4.06. The molecule has 0 unspecified atom stereocenters. The molecule has 0 saturated carbocycles. The second kappa shape index (κ2) is 7.05. The molecule has 1 N–H and O–H groups in total. The number of thioether (sulfide) groups is 1. The summed E-state index contributed by atoms with van der Waals surface area (Å²) in [5, 5.41) is 4.19. The van der Waals surface area contributed by atoms with Gasteiger partial charge in [-0.15, -0.1) is 0 Å². The second-order valence-electron chi connectivity index (χ2n) is 4.33. The zero-order valence-electron chi connectivity index (χ0n) is 12.2. The van der Waals surface area contributed by atoms with Crippen molar-refractivity contribution < 1.29 is 17.2 Å². The standard InChI is InChI=1S/C14H13F2N3O2S2/c1-17-13-9(8-18-14(19-13)22-2)5-6-23(20,21)12-4-3-10(15)7-11(12)16/h3-8H,1-2H3,(H,17,18,19). The summed E-state index contributed by atoms with van der Waals surface area (Å²) >= 11 is 1.34. The first kappa shape index (κ1) is 17.4.